The molecule has 3 heterocycles. The van der Waals surface area contributed by atoms with E-state index >= 15 is 0 Å². The second-order valence-electron chi connectivity index (χ2n) is 16.0. The lowest BCUT2D eigenvalue weighted by atomic mass is 9.88. The van der Waals surface area contributed by atoms with Crippen LogP contribution in [0.15, 0.2) is 158 Å². The summed E-state index contributed by atoms with van der Waals surface area (Å²) in [7, 11) is 0. The lowest BCUT2D eigenvalue weighted by Gasteiger charge is -2.18. The summed E-state index contributed by atoms with van der Waals surface area (Å²) in [6.45, 7) is 8.98. The topological polar surface area (TPSA) is 35.6 Å². The summed E-state index contributed by atoms with van der Waals surface area (Å²) in [5.74, 6) is 0. The van der Waals surface area contributed by atoms with Crippen LogP contribution in [0.4, 0.5) is 0 Å². The molecular formula is C54H38N4. The van der Waals surface area contributed by atoms with Gasteiger partial charge in [-0.25, -0.2) is 0 Å². The van der Waals surface area contributed by atoms with Crippen molar-refractivity contribution in [1.29, 1.82) is 0 Å². The highest BCUT2D eigenvalue weighted by Gasteiger charge is 2.31. The number of fused-ring (bicyclic) bond motifs is 9. The van der Waals surface area contributed by atoms with Crippen molar-refractivity contribution in [3.63, 3.8) is 0 Å². The first-order valence-corrected chi connectivity index (χ1v) is 20.1. The third-order valence-corrected chi connectivity index (χ3v) is 12.7. The molecule has 1 aliphatic rings. The van der Waals surface area contributed by atoms with Crippen LogP contribution in [0, 0.1) is 27.7 Å². The highest BCUT2D eigenvalue weighted by atomic mass is 15.0. The van der Waals surface area contributed by atoms with Crippen molar-refractivity contribution in [3.05, 3.63) is 180 Å². The molecule has 0 N–H and O–H groups in total. The van der Waals surface area contributed by atoms with Gasteiger partial charge in [0.25, 0.3) is 0 Å². The van der Waals surface area contributed by atoms with Crippen LogP contribution in [0.5, 0.6) is 0 Å². The molecule has 0 fully saturated rings. The summed E-state index contributed by atoms with van der Waals surface area (Å²) >= 11 is 0. The van der Waals surface area contributed by atoms with Gasteiger partial charge in [-0.1, -0.05) is 97.1 Å². The molecule has 8 aromatic carbocycles. The Bertz CT molecular complexity index is 3220. The summed E-state index contributed by atoms with van der Waals surface area (Å²) < 4.78 is 4.86. The fourth-order valence-electron chi connectivity index (χ4n) is 10.1. The highest BCUT2D eigenvalue weighted by molar-refractivity contribution is 6.21. The van der Waals surface area contributed by atoms with E-state index in [0.29, 0.717) is 0 Å². The minimum absolute atomic E-state index is 0.949. The Hall–Kier alpha value is -7.30. The van der Waals surface area contributed by atoms with Crippen LogP contribution < -0.4 is 0 Å². The molecule has 11 aromatic rings. The van der Waals surface area contributed by atoms with Crippen molar-refractivity contribution < 1.29 is 0 Å². The molecule has 0 amide bonds. The van der Waals surface area contributed by atoms with E-state index in [-0.39, 0.29) is 0 Å². The van der Waals surface area contributed by atoms with Crippen LogP contribution in [-0.4, -0.2) is 19.1 Å². The zero-order valence-corrected chi connectivity index (χ0v) is 32.8. The van der Waals surface area contributed by atoms with Crippen LogP contribution in [0.1, 0.15) is 22.3 Å². The summed E-state index contributed by atoms with van der Waals surface area (Å²) in [4.78, 5) is 10.1. The van der Waals surface area contributed by atoms with Crippen molar-refractivity contribution in [2.24, 2.45) is 0 Å². The number of hydrogen-bond acceptors (Lipinski definition) is 2. The van der Waals surface area contributed by atoms with Gasteiger partial charge in [0.05, 0.1) is 33.5 Å². The Labute approximate surface area is 336 Å². The van der Waals surface area contributed by atoms with Crippen LogP contribution in [0.2, 0.25) is 0 Å². The van der Waals surface area contributed by atoms with E-state index < -0.39 is 0 Å². The van der Waals surface area contributed by atoms with Crippen LogP contribution >= 0.6 is 0 Å². The molecular weight excluding hydrogens is 705 g/mol. The van der Waals surface area contributed by atoms with E-state index in [0.717, 1.165) is 11.4 Å². The van der Waals surface area contributed by atoms with Crippen LogP contribution in [-0.2, 0) is 0 Å². The predicted octanol–water partition coefficient (Wildman–Crippen LogP) is 14.0. The number of hydrogen-bond donors (Lipinski definition) is 0. The van der Waals surface area contributed by atoms with Gasteiger partial charge in [-0.3, -0.25) is 9.97 Å². The third kappa shape index (κ3) is 4.46. The third-order valence-electron chi connectivity index (χ3n) is 12.7. The highest BCUT2D eigenvalue weighted by Crippen LogP contribution is 2.54. The Morgan fingerprint density at radius 1 is 0.362 bits per heavy atom. The maximum absolute atomic E-state index is 5.07. The number of benzene rings is 8. The fraction of sp³-hybridized carbons (Fsp3) is 0.0741. The quantitative estimate of drug-likeness (QED) is 0.180. The largest absolute Gasteiger partial charge is 0.309 e. The molecule has 0 radical (unpaired) electrons. The molecule has 3 aromatic heterocycles. The van der Waals surface area contributed by atoms with E-state index in [2.05, 4.69) is 182 Å². The second-order valence-corrected chi connectivity index (χ2v) is 16.0. The van der Waals surface area contributed by atoms with E-state index in [1.165, 1.54) is 121 Å². The van der Waals surface area contributed by atoms with Gasteiger partial charge in [-0.15, -0.1) is 0 Å². The van der Waals surface area contributed by atoms with Crippen molar-refractivity contribution in [1.82, 2.24) is 19.1 Å². The lowest BCUT2D eigenvalue weighted by molar-refractivity contribution is 1.14. The number of para-hydroxylation sites is 4. The standard InChI is InChI=1S/C54H38N4/c1-31-29-48(57-44-17-9-5-13-36(44)37-14-6-10-18-45(37)57)33(3)27-42(31)40-23-21-35-22-24-41(52-50(35)51(40)53-54(52)56-26-25-55-53)43-28-34(4)49(30-32(43)2)58-46-19-11-7-15-38(46)39-16-8-12-20-47(39)58/h5-30H,1-4H3. The Morgan fingerprint density at radius 3 is 1.10 bits per heavy atom. The average Bonchev–Trinajstić information content (AvgIpc) is 3.90. The van der Waals surface area contributed by atoms with Crippen LogP contribution in [0.3, 0.4) is 0 Å². The summed E-state index contributed by atoms with van der Waals surface area (Å²) in [6.07, 6.45) is 3.68. The van der Waals surface area contributed by atoms with Gasteiger partial charge in [-0.05, 0) is 126 Å². The first-order valence-electron chi connectivity index (χ1n) is 20.1. The molecule has 0 atom stereocenters. The fourth-order valence-corrected chi connectivity index (χ4v) is 10.1. The van der Waals surface area contributed by atoms with E-state index in [4.69, 9.17) is 9.97 Å². The molecule has 4 heteroatoms. The van der Waals surface area contributed by atoms with Crippen molar-refractivity contribution >= 4 is 54.4 Å². The second kappa shape index (κ2) is 12.1. The number of aromatic nitrogens is 4. The molecule has 0 bridgehead atoms. The molecule has 58 heavy (non-hydrogen) atoms. The van der Waals surface area contributed by atoms with Gasteiger partial charge < -0.3 is 9.13 Å². The summed E-state index contributed by atoms with van der Waals surface area (Å²) in [5.41, 5.74) is 21.2. The molecule has 274 valence electrons. The molecule has 1 aliphatic carbocycles. The molecule has 0 saturated heterocycles. The van der Waals surface area contributed by atoms with Gasteiger partial charge in [0.2, 0.25) is 0 Å². The van der Waals surface area contributed by atoms with Crippen LogP contribution in [0.25, 0.3) is 111 Å². The smallest absolute Gasteiger partial charge is 0.0978 e. The van der Waals surface area contributed by atoms with Gasteiger partial charge in [0.1, 0.15) is 0 Å². The maximum Gasteiger partial charge on any atom is 0.0978 e. The summed E-state index contributed by atoms with van der Waals surface area (Å²) in [5, 5.41) is 7.51. The number of nitrogens with zero attached hydrogens (tertiary/aromatic N) is 4. The Balaban J connectivity index is 1.05. The molecule has 4 nitrogen and oxygen atoms in total. The maximum atomic E-state index is 5.07. The zero-order chi connectivity index (χ0) is 38.8. The van der Waals surface area contributed by atoms with E-state index in [1.54, 1.807) is 0 Å². The zero-order valence-electron chi connectivity index (χ0n) is 32.8. The van der Waals surface area contributed by atoms with E-state index in [1.807, 2.05) is 12.4 Å². The Morgan fingerprint density at radius 2 is 0.724 bits per heavy atom. The lowest BCUT2D eigenvalue weighted by Crippen LogP contribution is -2.00. The number of aryl methyl sites for hydroxylation is 4. The molecule has 0 saturated carbocycles. The SMILES string of the molecule is Cc1cc(-n2c3ccccc3c3ccccc32)c(C)cc1-c1ccc2ccc(-c3cc(C)c(-n4c5ccccc5c5ccccc54)cc3C)c3c2c1-c1nccnc1-3. The first-order chi connectivity index (χ1) is 28.5. The molecule has 0 aliphatic heterocycles. The minimum Gasteiger partial charge on any atom is -0.309 e. The summed E-state index contributed by atoms with van der Waals surface area (Å²) in [6, 6.07) is 53.6. The monoisotopic (exact) mass is 742 g/mol. The Kier molecular flexibility index (Phi) is 6.86. The average molecular weight is 743 g/mol. The predicted molar refractivity (Wildman–Crippen MR) is 242 cm³/mol. The van der Waals surface area contributed by atoms with Crippen molar-refractivity contribution in [2.75, 3.05) is 0 Å². The molecule has 12 rings (SSSR count). The normalized spacial score (nSPS) is 12.1. The minimum atomic E-state index is 0.949. The first kappa shape index (κ1) is 32.9. The van der Waals surface area contributed by atoms with Gasteiger partial charge in [0.15, 0.2) is 0 Å². The van der Waals surface area contributed by atoms with Gasteiger partial charge in [0, 0.05) is 61.8 Å². The van der Waals surface area contributed by atoms with Crippen molar-refractivity contribution in [3.8, 4) is 56.1 Å². The van der Waals surface area contributed by atoms with Gasteiger partial charge in [-0.2, -0.15) is 0 Å². The van der Waals surface area contributed by atoms with E-state index in [9.17, 15) is 0 Å². The molecule has 0 unspecified atom stereocenters. The van der Waals surface area contributed by atoms with Gasteiger partial charge >= 0.3 is 0 Å². The number of rotatable bonds is 4. The van der Waals surface area contributed by atoms with Crippen molar-refractivity contribution in [2.45, 2.75) is 27.7 Å². The molecule has 0 spiro atoms.